The van der Waals surface area contributed by atoms with Crippen molar-refractivity contribution in [3.8, 4) is 0 Å². The van der Waals surface area contributed by atoms with Crippen molar-refractivity contribution in [3.05, 3.63) is 0 Å². The summed E-state index contributed by atoms with van der Waals surface area (Å²) in [7, 11) is -2.13. The van der Waals surface area contributed by atoms with Crippen LogP contribution in [0.15, 0.2) is 0 Å². The third-order valence-electron chi connectivity index (χ3n) is 2.92. The number of nitrogens with one attached hydrogen (secondary N) is 1. The summed E-state index contributed by atoms with van der Waals surface area (Å²) in [6.07, 6.45) is 3.06. The maximum atomic E-state index is 11.9. The zero-order valence-corrected chi connectivity index (χ0v) is 11.5. The van der Waals surface area contributed by atoms with Gasteiger partial charge in [-0.2, -0.15) is 4.72 Å². The average molecular weight is 263 g/mol. The van der Waals surface area contributed by atoms with Crippen LogP contribution in [0, 0.1) is 5.92 Å². The highest BCUT2D eigenvalue weighted by atomic mass is 32.2. The van der Waals surface area contributed by atoms with Crippen LogP contribution in [0.4, 0.5) is 0 Å². The van der Waals surface area contributed by atoms with Crippen molar-refractivity contribution < 1.29 is 17.9 Å². The highest BCUT2D eigenvalue weighted by Crippen LogP contribution is 2.30. The molecule has 0 heterocycles. The van der Waals surface area contributed by atoms with Gasteiger partial charge in [0.1, 0.15) is 5.54 Å². The molecule has 0 aromatic heterocycles. The largest absolute Gasteiger partial charge is 0.468 e. The molecule has 100 valence electrons. The third kappa shape index (κ3) is 4.27. The van der Waals surface area contributed by atoms with Crippen LogP contribution in [0.3, 0.4) is 0 Å². The number of hydrogen-bond acceptors (Lipinski definition) is 4. The molecule has 1 aliphatic carbocycles. The van der Waals surface area contributed by atoms with Crippen LogP contribution >= 0.6 is 0 Å². The fourth-order valence-corrected chi connectivity index (χ4v) is 3.81. The lowest BCUT2D eigenvalue weighted by atomic mass is 9.98. The van der Waals surface area contributed by atoms with Crippen molar-refractivity contribution in [2.24, 2.45) is 5.92 Å². The second kappa shape index (κ2) is 5.35. The predicted octanol–water partition coefficient (Wildman–Crippen LogP) is 1.05. The van der Waals surface area contributed by atoms with E-state index in [1.807, 2.05) is 6.92 Å². The monoisotopic (exact) mass is 263 g/mol. The molecular formula is C11H21NO4S. The molecule has 6 heteroatoms. The Morgan fingerprint density at radius 3 is 2.47 bits per heavy atom. The summed E-state index contributed by atoms with van der Waals surface area (Å²) >= 11 is 0. The molecular weight excluding hydrogens is 242 g/mol. The number of sulfonamides is 1. The number of ether oxygens (including phenoxy) is 1. The molecule has 0 amide bonds. The smallest absolute Gasteiger partial charge is 0.326 e. The number of hydrogen-bond donors (Lipinski definition) is 1. The Labute approximate surface area is 103 Å². The quantitative estimate of drug-likeness (QED) is 0.697. The third-order valence-corrected chi connectivity index (χ3v) is 4.59. The lowest BCUT2D eigenvalue weighted by Crippen LogP contribution is -2.53. The van der Waals surface area contributed by atoms with Gasteiger partial charge in [-0.1, -0.05) is 13.3 Å². The van der Waals surface area contributed by atoms with Gasteiger partial charge >= 0.3 is 5.97 Å². The molecule has 0 aromatic rings. The molecule has 17 heavy (non-hydrogen) atoms. The van der Waals surface area contributed by atoms with Gasteiger partial charge in [0, 0.05) is 0 Å². The predicted molar refractivity (Wildman–Crippen MR) is 65.0 cm³/mol. The molecule has 1 unspecified atom stereocenters. The molecule has 0 radical (unpaired) electrons. The van der Waals surface area contributed by atoms with Gasteiger partial charge in [-0.05, 0) is 32.1 Å². The Morgan fingerprint density at radius 1 is 1.47 bits per heavy atom. The number of carbonyl (C=O) groups is 1. The van der Waals surface area contributed by atoms with E-state index in [0.29, 0.717) is 12.8 Å². The van der Waals surface area contributed by atoms with Gasteiger partial charge < -0.3 is 4.74 Å². The van der Waals surface area contributed by atoms with E-state index in [9.17, 15) is 13.2 Å². The van der Waals surface area contributed by atoms with Crippen molar-refractivity contribution in [2.75, 3.05) is 12.9 Å². The maximum absolute atomic E-state index is 11.9. The van der Waals surface area contributed by atoms with Crippen LogP contribution in [-0.2, 0) is 19.6 Å². The number of methoxy groups -OCH3 is 1. The van der Waals surface area contributed by atoms with Crippen molar-refractivity contribution in [1.82, 2.24) is 4.72 Å². The van der Waals surface area contributed by atoms with Crippen LogP contribution in [0.25, 0.3) is 0 Å². The molecule has 0 aromatic carbocycles. The van der Waals surface area contributed by atoms with Crippen LogP contribution in [0.2, 0.25) is 0 Å². The zero-order valence-electron chi connectivity index (χ0n) is 10.7. The molecule has 1 rings (SSSR count). The molecule has 1 atom stereocenters. The first kappa shape index (κ1) is 14.4. The molecule has 0 spiro atoms. The molecule has 0 aliphatic heterocycles. The van der Waals surface area contributed by atoms with Gasteiger partial charge in [0.15, 0.2) is 0 Å². The van der Waals surface area contributed by atoms with E-state index >= 15 is 0 Å². The SMILES string of the molecule is CCCC(C)(NS(=O)(=O)CC1CC1)C(=O)OC. The normalized spacial score (nSPS) is 19.7. The summed E-state index contributed by atoms with van der Waals surface area (Å²) < 4.78 is 30.9. The highest BCUT2D eigenvalue weighted by Gasteiger charge is 2.39. The minimum Gasteiger partial charge on any atom is -0.468 e. The standard InChI is InChI=1S/C11H21NO4S/c1-4-7-11(2,10(13)16-3)12-17(14,15)8-9-5-6-9/h9,12H,4-8H2,1-3H3. The van der Waals surface area contributed by atoms with Gasteiger partial charge in [0.05, 0.1) is 12.9 Å². The van der Waals surface area contributed by atoms with Crippen molar-refractivity contribution in [3.63, 3.8) is 0 Å². The summed E-state index contributed by atoms with van der Waals surface area (Å²) in [5, 5.41) is 0. The van der Waals surface area contributed by atoms with Gasteiger partial charge in [-0.3, -0.25) is 4.79 Å². The van der Waals surface area contributed by atoms with E-state index < -0.39 is 21.5 Å². The van der Waals surface area contributed by atoms with Crippen LogP contribution < -0.4 is 4.72 Å². The Balaban J connectivity index is 2.73. The Bertz CT molecular complexity index is 375. The molecule has 1 saturated carbocycles. The lowest BCUT2D eigenvalue weighted by Gasteiger charge is -2.27. The zero-order chi connectivity index (χ0) is 13.1. The molecule has 1 fully saturated rings. The average Bonchev–Trinajstić information content (AvgIpc) is 2.98. The summed E-state index contributed by atoms with van der Waals surface area (Å²) in [6, 6.07) is 0. The van der Waals surface area contributed by atoms with E-state index in [-0.39, 0.29) is 11.7 Å². The Hall–Kier alpha value is -0.620. The second-order valence-electron chi connectivity index (χ2n) is 4.90. The molecule has 5 nitrogen and oxygen atoms in total. The van der Waals surface area contributed by atoms with Crippen LogP contribution in [0.5, 0.6) is 0 Å². The van der Waals surface area contributed by atoms with Gasteiger partial charge in [0.25, 0.3) is 0 Å². The van der Waals surface area contributed by atoms with Crippen LogP contribution in [0.1, 0.15) is 39.5 Å². The maximum Gasteiger partial charge on any atom is 0.326 e. The Kier molecular flexibility index (Phi) is 4.55. The van der Waals surface area contributed by atoms with Gasteiger partial charge in [0.2, 0.25) is 10.0 Å². The topological polar surface area (TPSA) is 72.5 Å². The minimum absolute atomic E-state index is 0.114. The summed E-state index contributed by atoms with van der Waals surface area (Å²) in [5.41, 5.74) is -1.14. The molecule has 1 N–H and O–H groups in total. The number of carbonyl (C=O) groups excluding carboxylic acids is 1. The fourth-order valence-electron chi connectivity index (χ4n) is 1.90. The molecule has 0 saturated heterocycles. The van der Waals surface area contributed by atoms with Crippen molar-refractivity contribution >= 4 is 16.0 Å². The summed E-state index contributed by atoms with van der Waals surface area (Å²) in [6.45, 7) is 3.48. The van der Waals surface area contributed by atoms with Gasteiger partial charge in [-0.15, -0.1) is 0 Å². The second-order valence-corrected chi connectivity index (χ2v) is 6.67. The number of esters is 1. The first-order valence-electron chi connectivity index (χ1n) is 5.93. The summed E-state index contributed by atoms with van der Waals surface area (Å²) in [4.78, 5) is 11.7. The fraction of sp³-hybridized carbons (Fsp3) is 0.909. The Morgan fingerprint density at radius 2 is 2.06 bits per heavy atom. The number of rotatable bonds is 7. The summed E-state index contributed by atoms with van der Waals surface area (Å²) in [5.74, 6) is -0.154. The molecule has 1 aliphatic rings. The van der Waals surface area contributed by atoms with Crippen molar-refractivity contribution in [2.45, 2.75) is 45.1 Å². The van der Waals surface area contributed by atoms with Gasteiger partial charge in [-0.25, -0.2) is 8.42 Å². The first-order valence-corrected chi connectivity index (χ1v) is 7.58. The minimum atomic E-state index is -3.40. The first-order chi connectivity index (χ1) is 7.83. The van der Waals surface area contributed by atoms with E-state index in [2.05, 4.69) is 9.46 Å². The van der Waals surface area contributed by atoms with Crippen LogP contribution in [-0.4, -0.2) is 32.8 Å². The van der Waals surface area contributed by atoms with E-state index in [1.54, 1.807) is 6.92 Å². The van der Waals surface area contributed by atoms with E-state index in [0.717, 1.165) is 12.8 Å². The molecule has 0 bridgehead atoms. The lowest BCUT2D eigenvalue weighted by molar-refractivity contribution is -0.147. The highest BCUT2D eigenvalue weighted by molar-refractivity contribution is 7.89. The van der Waals surface area contributed by atoms with E-state index in [1.165, 1.54) is 7.11 Å². The van der Waals surface area contributed by atoms with Crippen molar-refractivity contribution in [1.29, 1.82) is 0 Å². The van der Waals surface area contributed by atoms with E-state index in [4.69, 9.17) is 0 Å².